The van der Waals surface area contributed by atoms with E-state index in [1.54, 1.807) is 12.1 Å². The first-order valence-corrected chi connectivity index (χ1v) is 8.17. The molecule has 0 atom stereocenters. The number of anilines is 1. The van der Waals surface area contributed by atoms with Gasteiger partial charge in [0.2, 0.25) is 5.52 Å². The van der Waals surface area contributed by atoms with Crippen molar-refractivity contribution in [2.75, 3.05) is 10.8 Å². The first-order valence-electron chi connectivity index (χ1n) is 6.35. The summed E-state index contributed by atoms with van der Waals surface area (Å²) in [5, 5.41) is 12.6. The molecular weight excluding hydrogens is 300 g/mol. The number of benzene rings is 1. The van der Waals surface area contributed by atoms with Crippen LogP contribution in [0.1, 0.15) is 19.8 Å². The maximum atomic E-state index is 12.6. The summed E-state index contributed by atoms with van der Waals surface area (Å²) in [6, 6.07) is 4.46. The molecule has 0 radical (unpaired) electrons. The zero-order valence-corrected chi connectivity index (χ0v) is 12.4. The van der Waals surface area contributed by atoms with Crippen molar-refractivity contribution in [1.29, 1.82) is 0 Å². The van der Waals surface area contributed by atoms with E-state index in [4.69, 9.17) is 11.6 Å². The van der Waals surface area contributed by atoms with E-state index in [1.165, 1.54) is 16.6 Å². The second-order valence-electron chi connectivity index (χ2n) is 4.73. The van der Waals surface area contributed by atoms with Crippen molar-refractivity contribution in [3.63, 3.8) is 0 Å². The van der Waals surface area contributed by atoms with Crippen LogP contribution in [-0.2, 0) is 10.0 Å². The van der Waals surface area contributed by atoms with Gasteiger partial charge >= 0.3 is 0 Å². The average Bonchev–Trinajstić information content (AvgIpc) is 2.63. The molecule has 5 nitrogen and oxygen atoms in total. The highest BCUT2D eigenvalue weighted by atomic mass is 35.5. The van der Waals surface area contributed by atoms with Crippen LogP contribution in [0.15, 0.2) is 29.3 Å². The maximum absolute atomic E-state index is 12.6. The molecule has 2 heterocycles. The predicted molar refractivity (Wildman–Crippen MR) is 77.4 cm³/mol. The van der Waals surface area contributed by atoms with E-state index in [9.17, 15) is 13.6 Å². The quantitative estimate of drug-likeness (QED) is 0.646. The second-order valence-corrected chi connectivity index (χ2v) is 6.96. The summed E-state index contributed by atoms with van der Waals surface area (Å²) in [5.74, 6) is 0. The molecule has 0 unspecified atom stereocenters. The van der Waals surface area contributed by atoms with Gasteiger partial charge in [-0.05, 0) is 12.5 Å². The molecule has 0 fully saturated rings. The van der Waals surface area contributed by atoms with Crippen molar-refractivity contribution in [3.05, 3.63) is 34.6 Å². The number of unbranched alkanes of at least 4 members (excludes halogenated alkanes) is 1. The fourth-order valence-electron chi connectivity index (χ4n) is 2.51. The molecule has 2 aromatic rings. The van der Waals surface area contributed by atoms with Gasteiger partial charge in [0, 0.05) is 18.7 Å². The van der Waals surface area contributed by atoms with Crippen LogP contribution >= 0.6 is 11.6 Å². The summed E-state index contributed by atoms with van der Waals surface area (Å²) in [7, 11) is -3.61. The molecule has 1 aliphatic rings. The van der Waals surface area contributed by atoms with Crippen LogP contribution in [-0.4, -0.2) is 15.0 Å². The third kappa shape index (κ3) is 1.68. The fourth-order valence-corrected chi connectivity index (χ4v) is 4.55. The molecule has 3 rings (SSSR count). The molecule has 0 N–H and O–H groups in total. The Morgan fingerprint density at radius 2 is 2.10 bits per heavy atom. The highest BCUT2D eigenvalue weighted by Crippen LogP contribution is 2.45. The number of rotatable bonds is 3. The molecule has 20 heavy (non-hydrogen) atoms. The van der Waals surface area contributed by atoms with Gasteiger partial charge in [-0.1, -0.05) is 24.9 Å². The summed E-state index contributed by atoms with van der Waals surface area (Å²) in [6.45, 7) is 2.36. The normalized spacial score (nSPS) is 16.0. The first kappa shape index (κ1) is 13.5. The molecule has 0 bridgehead atoms. The molecule has 0 amide bonds. The Morgan fingerprint density at radius 3 is 2.80 bits per heavy atom. The van der Waals surface area contributed by atoms with Gasteiger partial charge < -0.3 is 5.21 Å². The Hall–Kier alpha value is -1.53. The van der Waals surface area contributed by atoms with E-state index in [0.29, 0.717) is 32.9 Å². The van der Waals surface area contributed by atoms with E-state index in [0.717, 1.165) is 12.8 Å². The van der Waals surface area contributed by atoms with Crippen LogP contribution in [0.5, 0.6) is 0 Å². The van der Waals surface area contributed by atoms with Gasteiger partial charge in [0.1, 0.15) is 4.90 Å². The molecule has 0 spiro atoms. The van der Waals surface area contributed by atoms with Gasteiger partial charge in [-0.2, -0.15) is 4.73 Å². The lowest BCUT2D eigenvalue weighted by molar-refractivity contribution is -0.577. The van der Waals surface area contributed by atoms with E-state index in [-0.39, 0.29) is 4.90 Å². The lowest BCUT2D eigenvalue weighted by Gasteiger charge is -2.18. The van der Waals surface area contributed by atoms with Crippen molar-refractivity contribution in [2.45, 2.75) is 24.7 Å². The Balaban J connectivity index is 2.37. The summed E-state index contributed by atoms with van der Waals surface area (Å²) in [6.07, 6.45) is 2.82. The standard InChI is InChI=1S/C13H13ClN2O3S/c1-2-3-7-16-13-9(14)4-5-10-12(13)11(20(16,18)19)6-8-15(10)17/h4-6,8H,2-3,7H2,1H3. The van der Waals surface area contributed by atoms with Crippen molar-refractivity contribution < 1.29 is 13.1 Å². The summed E-state index contributed by atoms with van der Waals surface area (Å²) in [5.41, 5.74) is 0.752. The highest BCUT2D eigenvalue weighted by Gasteiger charge is 2.39. The van der Waals surface area contributed by atoms with Crippen LogP contribution < -0.4 is 9.04 Å². The first-order chi connectivity index (χ1) is 9.48. The minimum Gasteiger partial charge on any atom is -0.618 e. The zero-order valence-electron chi connectivity index (χ0n) is 10.8. The molecule has 1 aromatic heterocycles. The highest BCUT2D eigenvalue weighted by molar-refractivity contribution is 7.93. The van der Waals surface area contributed by atoms with Crippen molar-refractivity contribution in [2.24, 2.45) is 0 Å². The van der Waals surface area contributed by atoms with Gasteiger partial charge in [0.15, 0.2) is 6.20 Å². The van der Waals surface area contributed by atoms with E-state index < -0.39 is 10.0 Å². The third-order valence-corrected chi connectivity index (χ3v) is 5.63. The van der Waals surface area contributed by atoms with Crippen LogP contribution in [0.3, 0.4) is 0 Å². The molecule has 1 aliphatic heterocycles. The lowest BCUT2D eigenvalue weighted by Crippen LogP contribution is -2.28. The van der Waals surface area contributed by atoms with Gasteiger partial charge in [0.25, 0.3) is 10.0 Å². The van der Waals surface area contributed by atoms with Crippen LogP contribution in [0.25, 0.3) is 10.9 Å². The SMILES string of the molecule is CCCCN1c2c(Cl)ccc3c2c(cc[n+]3[O-])S1(=O)=O. The minimum absolute atomic E-state index is 0.160. The smallest absolute Gasteiger partial charge is 0.265 e. The number of halogens is 1. The Morgan fingerprint density at radius 1 is 1.35 bits per heavy atom. The van der Waals surface area contributed by atoms with Gasteiger partial charge in [-0.15, -0.1) is 0 Å². The van der Waals surface area contributed by atoms with E-state index in [2.05, 4.69) is 0 Å². The number of hydrogen-bond donors (Lipinski definition) is 0. The monoisotopic (exact) mass is 312 g/mol. The molecule has 0 aliphatic carbocycles. The fraction of sp³-hybridized carbons (Fsp3) is 0.308. The molecule has 1 aromatic carbocycles. The number of sulfonamides is 1. The largest absolute Gasteiger partial charge is 0.618 e. The minimum atomic E-state index is -3.61. The van der Waals surface area contributed by atoms with Crippen molar-refractivity contribution in [3.8, 4) is 0 Å². The average molecular weight is 313 g/mol. The molecular formula is C13H13ClN2O3S. The van der Waals surface area contributed by atoms with Crippen LogP contribution in [0.4, 0.5) is 5.69 Å². The van der Waals surface area contributed by atoms with E-state index in [1.807, 2.05) is 6.92 Å². The zero-order chi connectivity index (χ0) is 14.5. The Kier molecular flexibility index (Phi) is 3.02. The topological polar surface area (TPSA) is 64.3 Å². The Labute approximate surface area is 122 Å². The van der Waals surface area contributed by atoms with Crippen molar-refractivity contribution >= 4 is 38.2 Å². The molecule has 7 heteroatoms. The molecule has 0 saturated heterocycles. The van der Waals surface area contributed by atoms with Crippen LogP contribution in [0.2, 0.25) is 5.02 Å². The van der Waals surface area contributed by atoms with E-state index >= 15 is 0 Å². The summed E-state index contributed by atoms with van der Waals surface area (Å²) >= 11 is 6.17. The predicted octanol–water partition coefficient (Wildman–Crippen LogP) is 2.44. The Bertz CT molecular complexity index is 805. The second kappa shape index (κ2) is 4.49. The molecule has 0 saturated carbocycles. The lowest BCUT2D eigenvalue weighted by atomic mass is 10.1. The number of aromatic nitrogens is 1. The van der Waals surface area contributed by atoms with Gasteiger partial charge in [0.05, 0.1) is 16.1 Å². The summed E-state index contributed by atoms with van der Waals surface area (Å²) < 4.78 is 27.2. The van der Waals surface area contributed by atoms with Crippen LogP contribution in [0, 0.1) is 5.21 Å². The number of hydrogen-bond acceptors (Lipinski definition) is 3. The van der Waals surface area contributed by atoms with Gasteiger partial charge in [-0.25, -0.2) is 8.42 Å². The number of nitrogens with zero attached hydrogens (tertiary/aromatic N) is 2. The van der Waals surface area contributed by atoms with Crippen molar-refractivity contribution in [1.82, 2.24) is 0 Å². The molecule has 106 valence electrons. The third-order valence-electron chi connectivity index (χ3n) is 3.48. The van der Waals surface area contributed by atoms with Gasteiger partial charge in [-0.3, -0.25) is 4.31 Å². The summed E-state index contributed by atoms with van der Waals surface area (Å²) in [4.78, 5) is 0.160. The maximum Gasteiger partial charge on any atom is 0.265 e. The number of pyridine rings is 1.